The van der Waals surface area contributed by atoms with Crippen LogP contribution in [-0.2, 0) is 16.6 Å². The van der Waals surface area contributed by atoms with Gasteiger partial charge >= 0.3 is 5.97 Å². The molecular weight excluding hydrogens is 597 g/mol. The molecule has 39 heavy (non-hydrogen) atoms. The summed E-state index contributed by atoms with van der Waals surface area (Å²) in [5.74, 6) is 2.48. The number of nitrogens with zero attached hydrogens (tertiary/aromatic N) is 3. The van der Waals surface area contributed by atoms with Crippen LogP contribution in [0.15, 0.2) is 48.5 Å². The first-order valence-electron chi connectivity index (χ1n) is 14.9. The number of hydrogen-bond donors (Lipinski definition) is 0. The van der Waals surface area contributed by atoms with Gasteiger partial charge in [-0.2, -0.15) is 0 Å². The Morgan fingerprint density at radius 1 is 0.949 bits per heavy atom. The number of fused-ring (bicyclic) bond motifs is 1. The van der Waals surface area contributed by atoms with E-state index in [0.29, 0.717) is 17.8 Å². The van der Waals surface area contributed by atoms with Gasteiger partial charge in [-0.1, -0.05) is 39.3 Å². The van der Waals surface area contributed by atoms with Crippen LogP contribution in [0.1, 0.15) is 78.7 Å². The van der Waals surface area contributed by atoms with Gasteiger partial charge < -0.3 is 33.6 Å². The quantitative estimate of drug-likeness (QED) is 0.213. The molecule has 3 fully saturated rings. The number of benzene rings is 2. The molecule has 5 nitrogen and oxygen atoms in total. The van der Waals surface area contributed by atoms with Gasteiger partial charge in [0, 0.05) is 17.8 Å². The monoisotopic (exact) mass is 641 g/mol. The predicted molar refractivity (Wildman–Crippen MR) is 153 cm³/mol. The molecule has 0 bridgehead atoms. The fourth-order valence-corrected chi connectivity index (χ4v) is 6.88. The Morgan fingerprint density at radius 3 is 2.21 bits per heavy atom. The molecule has 0 radical (unpaired) electrons. The molecule has 4 atom stereocenters. The lowest BCUT2D eigenvalue weighted by molar-refractivity contribution is -0.634. The first-order chi connectivity index (χ1) is 18.3. The van der Waals surface area contributed by atoms with E-state index in [1.54, 1.807) is 0 Å². The number of carbonyl (C=O) groups excluding carboxylic acids is 1. The molecule has 6 heteroatoms. The smallest absolute Gasteiger partial charge is 0.351 e. The molecule has 3 aromatic rings. The van der Waals surface area contributed by atoms with Gasteiger partial charge in [0.2, 0.25) is 0 Å². The highest BCUT2D eigenvalue weighted by Gasteiger charge is 2.40. The van der Waals surface area contributed by atoms with E-state index in [0.717, 1.165) is 47.3 Å². The minimum atomic E-state index is -0.421. The van der Waals surface area contributed by atoms with E-state index in [1.165, 1.54) is 37.8 Å². The lowest BCUT2D eigenvalue weighted by Gasteiger charge is -2.37. The van der Waals surface area contributed by atoms with Crippen molar-refractivity contribution in [2.45, 2.75) is 96.9 Å². The Bertz CT molecular complexity index is 1300. The third-order valence-electron chi connectivity index (χ3n) is 9.31. The van der Waals surface area contributed by atoms with Crippen LogP contribution < -0.4 is 33.4 Å². The minimum Gasteiger partial charge on any atom is -1.00 e. The number of ether oxygens (including phenoxy) is 1. The molecule has 2 aromatic carbocycles. The first kappa shape index (κ1) is 28.4. The fourth-order valence-electron chi connectivity index (χ4n) is 6.88. The van der Waals surface area contributed by atoms with Crippen molar-refractivity contribution in [3.63, 3.8) is 0 Å². The van der Waals surface area contributed by atoms with E-state index in [-0.39, 0.29) is 36.0 Å². The fraction of sp³-hybridized carbons (Fsp3) is 0.576. The SMILES string of the molecule is CC(C)[C@@H]1CC[C@@H](C)CC1OC(=O)[C@@H](C)n1c(-c2ccc(N(C3CC3)C3CC3)cc2)[n+](C)c2ccccc21.[I-]. The predicted octanol–water partition coefficient (Wildman–Crippen LogP) is 3.83. The van der Waals surface area contributed by atoms with Crippen LogP contribution in [-0.4, -0.2) is 28.7 Å². The summed E-state index contributed by atoms with van der Waals surface area (Å²) in [6.07, 6.45) is 8.61. The Labute approximate surface area is 250 Å². The Morgan fingerprint density at radius 2 is 1.59 bits per heavy atom. The molecule has 1 aromatic heterocycles. The number of esters is 1. The molecule has 3 aliphatic rings. The number of rotatable bonds is 8. The second-order valence-electron chi connectivity index (χ2n) is 12.6. The van der Waals surface area contributed by atoms with Gasteiger partial charge in [-0.3, -0.25) is 0 Å². The van der Waals surface area contributed by atoms with Crippen LogP contribution in [0.4, 0.5) is 5.69 Å². The number of carbonyl (C=O) groups is 1. The summed E-state index contributed by atoms with van der Waals surface area (Å²) in [5.41, 5.74) is 4.65. The van der Waals surface area contributed by atoms with Gasteiger partial charge in [0.15, 0.2) is 17.1 Å². The number of imidazole rings is 1. The van der Waals surface area contributed by atoms with Crippen molar-refractivity contribution in [3.8, 4) is 11.4 Å². The van der Waals surface area contributed by atoms with Crippen molar-refractivity contribution in [2.24, 2.45) is 24.8 Å². The maximum Gasteiger partial charge on any atom is 0.351 e. The number of halogens is 1. The molecule has 1 unspecified atom stereocenters. The number of para-hydroxylation sites is 2. The normalized spacial score (nSPS) is 23.9. The molecule has 0 saturated heterocycles. The number of aromatic nitrogens is 2. The van der Waals surface area contributed by atoms with E-state index in [1.807, 2.05) is 6.92 Å². The van der Waals surface area contributed by atoms with Crippen LogP contribution in [0.2, 0.25) is 0 Å². The van der Waals surface area contributed by atoms with E-state index >= 15 is 0 Å². The molecular formula is C33H44IN3O2. The molecule has 0 aliphatic heterocycles. The number of anilines is 1. The van der Waals surface area contributed by atoms with Gasteiger partial charge in [-0.05, 0) is 99.6 Å². The van der Waals surface area contributed by atoms with E-state index in [9.17, 15) is 4.79 Å². The second kappa shape index (κ2) is 11.4. The van der Waals surface area contributed by atoms with E-state index < -0.39 is 6.04 Å². The van der Waals surface area contributed by atoms with Gasteiger partial charge in [-0.15, -0.1) is 0 Å². The Balaban J connectivity index is 0.00000308. The first-order valence-corrected chi connectivity index (χ1v) is 14.9. The average Bonchev–Trinajstić information content (AvgIpc) is 3.84. The highest BCUT2D eigenvalue weighted by Crippen LogP contribution is 2.41. The molecule has 210 valence electrons. The van der Waals surface area contributed by atoms with Crippen molar-refractivity contribution in [2.75, 3.05) is 4.90 Å². The summed E-state index contributed by atoms with van der Waals surface area (Å²) in [7, 11) is 2.11. The zero-order chi connectivity index (χ0) is 26.6. The zero-order valence-electron chi connectivity index (χ0n) is 24.1. The van der Waals surface area contributed by atoms with E-state index in [4.69, 9.17) is 4.74 Å². The Kier molecular flexibility index (Phi) is 8.33. The lowest BCUT2D eigenvalue weighted by Crippen LogP contribution is -3.00. The lowest BCUT2D eigenvalue weighted by atomic mass is 9.75. The van der Waals surface area contributed by atoms with Gasteiger partial charge in [0.1, 0.15) is 6.10 Å². The highest BCUT2D eigenvalue weighted by atomic mass is 127. The second-order valence-corrected chi connectivity index (χ2v) is 12.6. The van der Waals surface area contributed by atoms with Crippen LogP contribution in [0.25, 0.3) is 22.4 Å². The molecule has 0 spiro atoms. The van der Waals surface area contributed by atoms with Crippen molar-refractivity contribution < 1.29 is 38.1 Å². The summed E-state index contributed by atoms with van der Waals surface area (Å²) >= 11 is 0. The summed E-state index contributed by atoms with van der Waals surface area (Å²) < 4.78 is 10.8. The minimum absolute atomic E-state index is 0. The zero-order valence-corrected chi connectivity index (χ0v) is 26.3. The van der Waals surface area contributed by atoms with Crippen molar-refractivity contribution in [3.05, 3.63) is 48.5 Å². The van der Waals surface area contributed by atoms with Crippen molar-refractivity contribution in [1.82, 2.24) is 4.57 Å². The maximum absolute atomic E-state index is 13.8. The van der Waals surface area contributed by atoms with Crippen LogP contribution in [0.5, 0.6) is 0 Å². The van der Waals surface area contributed by atoms with Crippen molar-refractivity contribution in [1.29, 1.82) is 0 Å². The summed E-state index contributed by atoms with van der Waals surface area (Å²) in [6, 6.07) is 18.5. The molecule has 3 saturated carbocycles. The maximum atomic E-state index is 13.8. The topological polar surface area (TPSA) is 38.4 Å². The van der Waals surface area contributed by atoms with Crippen LogP contribution >= 0.6 is 0 Å². The summed E-state index contributed by atoms with van der Waals surface area (Å²) in [6.45, 7) is 8.82. The third-order valence-corrected chi connectivity index (χ3v) is 9.31. The third kappa shape index (κ3) is 5.59. The molecule has 0 N–H and O–H groups in total. The number of aryl methyl sites for hydroxylation is 1. The molecule has 3 aliphatic carbocycles. The standard InChI is InChI=1S/C33H44N3O2.HI/c1-21(2)28-19-10-22(3)20-31(28)38-33(37)23(4)35-30-9-7-6-8-29(30)34(5)32(35)24-11-13-25(14-12-24)36(26-15-16-26)27-17-18-27;/h6-9,11-14,21-23,26-28,31H,10,15-20H2,1-5H3;1H/q+1;/p-1/t22-,23-,28+,31?;/m1./s1. The van der Waals surface area contributed by atoms with Crippen LogP contribution in [0, 0.1) is 17.8 Å². The summed E-state index contributed by atoms with van der Waals surface area (Å²) in [4.78, 5) is 16.4. The number of hydrogen-bond acceptors (Lipinski definition) is 3. The van der Waals surface area contributed by atoms with E-state index in [2.05, 4.69) is 90.4 Å². The van der Waals surface area contributed by atoms with Gasteiger partial charge in [0.05, 0.1) is 12.6 Å². The molecule has 1 heterocycles. The Hall–Kier alpha value is -2.09. The average molecular weight is 642 g/mol. The molecule has 0 amide bonds. The summed E-state index contributed by atoms with van der Waals surface area (Å²) in [5, 5.41) is 0. The van der Waals surface area contributed by atoms with Crippen molar-refractivity contribution >= 4 is 22.7 Å². The van der Waals surface area contributed by atoms with Gasteiger partial charge in [-0.25, -0.2) is 13.9 Å². The van der Waals surface area contributed by atoms with Gasteiger partial charge in [0.25, 0.3) is 5.82 Å². The largest absolute Gasteiger partial charge is 1.00 e. The van der Waals surface area contributed by atoms with Crippen LogP contribution in [0.3, 0.4) is 0 Å². The molecule has 6 rings (SSSR count). The highest BCUT2D eigenvalue weighted by molar-refractivity contribution is 5.82.